The number of para-hydroxylation sites is 1. The van der Waals surface area contributed by atoms with E-state index in [1.165, 1.54) is 0 Å². The summed E-state index contributed by atoms with van der Waals surface area (Å²) in [5, 5.41) is 11.0. The molecule has 0 fully saturated rings. The van der Waals surface area contributed by atoms with Crippen LogP contribution in [-0.2, 0) is 11.2 Å². The van der Waals surface area contributed by atoms with E-state index in [4.69, 9.17) is 4.74 Å². The second-order valence-corrected chi connectivity index (χ2v) is 4.42. The Balaban J connectivity index is 2.07. The van der Waals surface area contributed by atoms with Gasteiger partial charge >= 0.3 is 0 Å². The molecule has 0 bridgehead atoms. The minimum Gasteiger partial charge on any atom is -0.390 e. The predicted molar refractivity (Wildman–Crippen MR) is 72.6 cm³/mol. The maximum Gasteiger partial charge on any atom is 0.0814 e. The molecule has 1 atom stereocenters. The Labute approximate surface area is 107 Å². The van der Waals surface area contributed by atoms with Crippen LogP contribution < -0.4 is 0 Å². The van der Waals surface area contributed by atoms with E-state index in [-0.39, 0.29) is 0 Å². The van der Waals surface area contributed by atoms with Gasteiger partial charge in [0.05, 0.1) is 18.2 Å². The molecule has 0 aliphatic carbocycles. The second-order valence-electron chi connectivity index (χ2n) is 4.42. The Hall–Kier alpha value is -1.45. The molecule has 0 amide bonds. The van der Waals surface area contributed by atoms with Gasteiger partial charge in [0.15, 0.2) is 0 Å². The number of aliphatic hydroxyl groups is 1. The van der Waals surface area contributed by atoms with E-state index >= 15 is 0 Å². The lowest BCUT2D eigenvalue weighted by molar-refractivity contribution is 0.0376. The van der Waals surface area contributed by atoms with Crippen LogP contribution in [0.2, 0.25) is 0 Å². The molecule has 0 spiro atoms. The van der Waals surface area contributed by atoms with E-state index in [2.05, 4.69) is 11.9 Å². The van der Waals surface area contributed by atoms with Crippen LogP contribution in [0.5, 0.6) is 0 Å². The normalized spacial score (nSPS) is 12.8. The van der Waals surface area contributed by atoms with Crippen LogP contribution in [0.25, 0.3) is 10.9 Å². The van der Waals surface area contributed by atoms with Gasteiger partial charge in [-0.25, -0.2) is 0 Å². The lowest BCUT2D eigenvalue weighted by Gasteiger charge is -2.12. The van der Waals surface area contributed by atoms with Gasteiger partial charge in [0, 0.05) is 24.6 Å². The van der Waals surface area contributed by atoms with Crippen LogP contribution in [0.4, 0.5) is 0 Å². The molecule has 0 saturated carbocycles. The van der Waals surface area contributed by atoms with Crippen molar-refractivity contribution in [3.8, 4) is 0 Å². The maximum atomic E-state index is 9.94. The third-order valence-corrected chi connectivity index (χ3v) is 2.85. The predicted octanol–water partition coefficient (Wildman–Crippen LogP) is 2.56. The van der Waals surface area contributed by atoms with Gasteiger partial charge in [-0.3, -0.25) is 4.98 Å². The van der Waals surface area contributed by atoms with E-state index in [9.17, 15) is 5.11 Å². The van der Waals surface area contributed by atoms with E-state index in [1.54, 1.807) is 6.20 Å². The number of benzene rings is 1. The number of hydrogen-bond acceptors (Lipinski definition) is 3. The third kappa shape index (κ3) is 3.28. The zero-order valence-electron chi connectivity index (χ0n) is 10.7. The zero-order valence-corrected chi connectivity index (χ0v) is 10.7. The smallest absolute Gasteiger partial charge is 0.0814 e. The summed E-state index contributed by atoms with van der Waals surface area (Å²) in [7, 11) is 0. The summed E-state index contributed by atoms with van der Waals surface area (Å²) < 4.78 is 5.36. The Bertz CT molecular complexity index is 493. The van der Waals surface area contributed by atoms with E-state index in [0.29, 0.717) is 19.6 Å². The van der Waals surface area contributed by atoms with Crippen molar-refractivity contribution >= 4 is 10.9 Å². The molecule has 0 aliphatic rings. The summed E-state index contributed by atoms with van der Waals surface area (Å²) in [6, 6.07) is 9.95. The summed E-state index contributed by atoms with van der Waals surface area (Å²) >= 11 is 0. The van der Waals surface area contributed by atoms with Gasteiger partial charge in [-0.15, -0.1) is 0 Å². The molecule has 3 nitrogen and oxygen atoms in total. The van der Waals surface area contributed by atoms with Gasteiger partial charge in [-0.05, 0) is 24.1 Å². The molecule has 0 aliphatic heterocycles. The summed E-state index contributed by atoms with van der Waals surface area (Å²) in [5.74, 6) is 0. The first-order chi connectivity index (χ1) is 8.81. The lowest BCUT2D eigenvalue weighted by Crippen LogP contribution is -2.18. The Morgan fingerprint density at radius 1 is 1.28 bits per heavy atom. The topological polar surface area (TPSA) is 42.4 Å². The number of aliphatic hydroxyl groups excluding tert-OH is 1. The average Bonchev–Trinajstić information content (AvgIpc) is 2.39. The molecular weight excluding hydrogens is 226 g/mol. The van der Waals surface area contributed by atoms with Crippen LogP contribution in [0.1, 0.15) is 18.9 Å². The van der Waals surface area contributed by atoms with Crippen molar-refractivity contribution in [3.05, 3.63) is 42.1 Å². The number of ether oxygens (including phenoxy) is 1. The maximum absolute atomic E-state index is 9.94. The van der Waals surface area contributed by atoms with Gasteiger partial charge in [0.25, 0.3) is 0 Å². The molecule has 1 aromatic carbocycles. The van der Waals surface area contributed by atoms with E-state index < -0.39 is 6.10 Å². The Kier molecular flexibility index (Phi) is 4.67. The standard InChI is InChI=1S/C15H19NO2/c1-2-9-18-11-13(17)10-12-7-8-16-15-6-4-3-5-14(12)15/h3-8,13,17H,2,9-11H2,1H3. The fourth-order valence-electron chi connectivity index (χ4n) is 2.01. The van der Waals surface area contributed by atoms with Crippen LogP contribution in [-0.4, -0.2) is 29.4 Å². The molecule has 2 rings (SSSR count). The highest BCUT2D eigenvalue weighted by molar-refractivity contribution is 5.81. The lowest BCUT2D eigenvalue weighted by atomic mass is 10.0. The summed E-state index contributed by atoms with van der Waals surface area (Å²) in [6.07, 6.45) is 2.91. The van der Waals surface area contributed by atoms with Gasteiger partial charge < -0.3 is 9.84 Å². The summed E-state index contributed by atoms with van der Waals surface area (Å²) in [5.41, 5.74) is 2.09. The highest BCUT2D eigenvalue weighted by atomic mass is 16.5. The number of hydrogen-bond donors (Lipinski definition) is 1. The highest BCUT2D eigenvalue weighted by Gasteiger charge is 2.08. The molecular formula is C15H19NO2. The first kappa shape index (κ1) is 13.0. The number of nitrogens with zero attached hydrogens (tertiary/aromatic N) is 1. The van der Waals surface area contributed by atoms with Gasteiger partial charge in [0.1, 0.15) is 0 Å². The number of pyridine rings is 1. The Morgan fingerprint density at radius 2 is 2.11 bits per heavy atom. The molecule has 0 saturated heterocycles. The summed E-state index contributed by atoms with van der Waals surface area (Å²) in [6.45, 7) is 3.15. The van der Waals surface area contributed by atoms with Crippen molar-refractivity contribution in [3.63, 3.8) is 0 Å². The number of aromatic nitrogens is 1. The first-order valence-electron chi connectivity index (χ1n) is 6.39. The monoisotopic (exact) mass is 245 g/mol. The van der Waals surface area contributed by atoms with Gasteiger partial charge in [-0.2, -0.15) is 0 Å². The molecule has 96 valence electrons. The van der Waals surface area contributed by atoms with E-state index in [1.807, 2.05) is 30.3 Å². The first-order valence-corrected chi connectivity index (χ1v) is 6.39. The minimum atomic E-state index is -0.456. The quantitative estimate of drug-likeness (QED) is 0.795. The fourth-order valence-corrected chi connectivity index (χ4v) is 2.01. The molecule has 3 heteroatoms. The molecule has 18 heavy (non-hydrogen) atoms. The molecule has 1 unspecified atom stereocenters. The van der Waals surface area contributed by atoms with Crippen LogP contribution in [0, 0.1) is 0 Å². The van der Waals surface area contributed by atoms with Crippen LogP contribution in [0.15, 0.2) is 36.5 Å². The van der Waals surface area contributed by atoms with Gasteiger partial charge in [0.2, 0.25) is 0 Å². The van der Waals surface area contributed by atoms with Crippen molar-refractivity contribution in [2.24, 2.45) is 0 Å². The average molecular weight is 245 g/mol. The van der Waals surface area contributed by atoms with Crippen LogP contribution in [0.3, 0.4) is 0 Å². The van der Waals surface area contributed by atoms with Crippen molar-refractivity contribution in [1.29, 1.82) is 0 Å². The van der Waals surface area contributed by atoms with Crippen molar-refractivity contribution in [1.82, 2.24) is 4.98 Å². The SMILES string of the molecule is CCCOCC(O)Cc1ccnc2ccccc12. The van der Waals surface area contributed by atoms with Crippen molar-refractivity contribution < 1.29 is 9.84 Å². The molecule has 1 heterocycles. The fraction of sp³-hybridized carbons (Fsp3) is 0.400. The zero-order chi connectivity index (χ0) is 12.8. The van der Waals surface area contributed by atoms with E-state index in [0.717, 1.165) is 22.9 Å². The Morgan fingerprint density at radius 3 is 2.94 bits per heavy atom. The summed E-state index contributed by atoms with van der Waals surface area (Å²) in [4.78, 5) is 4.31. The number of rotatable bonds is 6. The van der Waals surface area contributed by atoms with Crippen molar-refractivity contribution in [2.75, 3.05) is 13.2 Å². The highest BCUT2D eigenvalue weighted by Crippen LogP contribution is 2.17. The third-order valence-electron chi connectivity index (χ3n) is 2.85. The minimum absolute atomic E-state index is 0.393. The molecule has 2 aromatic rings. The molecule has 1 aromatic heterocycles. The molecule has 1 N–H and O–H groups in total. The number of fused-ring (bicyclic) bond motifs is 1. The van der Waals surface area contributed by atoms with Crippen molar-refractivity contribution in [2.45, 2.75) is 25.9 Å². The largest absolute Gasteiger partial charge is 0.390 e. The van der Waals surface area contributed by atoms with Crippen LogP contribution >= 0.6 is 0 Å². The van der Waals surface area contributed by atoms with Gasteiger partial charge in [-0.1, -0.05) is 25.1 Å². The molecule has 0 radical (unpaired) electrons. The second kappa shape index (κ2) is 6.47.